The molecule has 0 radical (unpaired) electrons. The summed E-state index contributed by atoms with van der Waals surface area (Å²) in [5.74, 6) is 6.16. The van der Waals surface area contributed by atoms with E-state index >= 15 is 0 Å². The third-order valence-corrected chi connectivity index (χ3v) is 2.21. The molecule has 1 nitrogen and oxygen atoms in total. The fourth-order valence-corrected chi connectivity index (χ4v) is 1.19. The van der Waals surface area contributed by atoms with E-state index in [1.54, 1.807) is 0 Å². The first-order chi connectivity index (χ1) is 6.25. The summed E-state index contributed by atoms with van der Waals surface area (Å²) in [5.41, 5.74) is 8.66. The van der Waals surface area contributed by atoms with Gasteiger partial charge in [-0.1, -0.05) is 33.8 Å². The van der Waals surface area contributed by atoms with Gasteiger partial charge in [-0.2, -0.15) is 0 Å². The minimum absolute atomic E-state index is 0.811. The topological polar surface area (TPSA) is 26.0 Å². The lowest BCUT2D eigenvalue weighted by molar-refractivity contribution is 1.32. The van der Waals surface area contributed by atoms with Crippen molar-refractivity contribution in [1.29, 1.82) is 0 Å². The second-order valence-electron chi connectivity index (χ2n) is 2.76. The molecule has 1 aromatic rings. The second kappa shape index (κ2) is 4.94. The Bertz CT molecular complexity index is 347. The van der Waals surface area contributed by atoms with Gasteiger partial charge in [0.1, 0.15) is 0 Å². The maximum absolute atomic E-state index is 5.75. The molecule has 0 atom stereocenters. The van der Waals surface area contributed by atoms with Crippen LogP contribution in [0.15, 0.2) is 18.2 Å². The van der Waals surface area contributed by atoms with Crippen LogP contribution in [-0.4, -0.2) is 5.33 Å². The highest BCUT2D eigenvalue weighted by molar-refractivity contribution is 9.09. The van der Waals surface area contributed by atoms with Crippen LogP contribution in [0.5, 0.6) is 0 Å². The van der Waals surface area contributed by atoms with Crippen LogP contribution in [0.4, 0.5) is 5.69 Å². The quantitative estimate of drug-likeness (QED) is 0.454. The summed E-state index contributed by atoms with van der Waals surface area (Å²) in [6, 6.07) is 5.82. The van der Waals surface area contributed by atoms with E-state index in [2.05, 4.69) is 27.8 Å². The molecule has 0 bridgehead atoms. The molecule has 2 N–H and O–H groups in total. The lowest BCUT2D eigenvalue weighted by atomic mass is 10.1. The number of rotatable bonds is 1. The van der Waals surface area contributed by atoms with Gasteiger partial charge in [0.15, 0.2) is 0 Å². The highest BCUT2D eigenvalue weighted by Crippen LogP contribution is 2.13. The Morgan fingerprint density at radius 3 is 2.92 bits per heavy atom. The van der Waals surface area contributed by atoms with Crippen LogP contribution in [0.1, 0.15) is 17.5 Å². The van der Waals surface area contributed by atoms with Crippen molar-refractivity contribution in [2.45, 2.75) is 13.3 Å². The molecule has 0 aliphatic rings. The summed E-state index contributed by atoms with van der Waals surface area (Å²) < 4.78 is 0. The lowest BCUT2D eigenvalue weighted by Crippen LogP contribution is -1.91. The van der Waals surface area contributed by atoms with Gasteiger partial charge in [0.25, 0.3) is 0 Å². The van der Waals surface area contributed by atoms with E-state index in [1.807, 2.05) is 25.1 Å². The number of nitrogens with two attached hydrogens (primary N) is 1. The Morgan fingerprint density at radius 1 is 1.46 bits per heavy atom. The lowest BCUT2D eigenvalue weighted by Gasteiger charge is -2.00. The Labute approximate surface area is 87.5 Å². The van der Waals surface area contributed by atoms with Crippen molar-refractivity contribution < 1.29 is 0 Å². The monoisotopic (exact) mass is 237 g/mol. The van der Waals surface area contributed by atoms with Gasteiger partial charge in [-0.3, -0.25) is 0 Å². The van der Waals surface area contributed by atoms with Crippen molar-refractivity contribution >= 4 is 21.6 Å². The molecule has 0 saturated carbocycles. The molecule has 1 aromatic carbocycles. The van der Waals surface area contributed by atoms with Crippen molar-refractivity contribution in [1.82, 2.24) is 0 Å². The number of halogens is 1. The molecule has 68 valence electrons. The normalized spacial score (nSPS) is 9.08. The Morgan fingerprint density at radius 2 is 2.23 bits per heavy atom. The van der Waals surface area contributed by atoms with Crippen LogP contribution < -0.4 is 5.73 Å². The number of nitrogen functional groups attached to an aromatic ring is 1. The van der Waals surface area contributed by atoms with E-state index in [-0.39, 0.29) is 0 Å². The SMILES string of the molecule is Cc1c(N)cccc1C#CCCBr. The molecule has 0 saturated heterocycles. The van der Waals surface area contributed by atoms with E-state index in [4.69, 9.17) is 5.73 Å². The molecule has 0 amide bonds. The number of hydrogen-bond donors (Lipinski definition) is 1. The van der Waals surface area contributed by atoms with Gasteiger partial charge < -0.3 is 5.73 Å². The third kappa shape index (κ3) is 2.78. The molecule has 0 unspecified atom stereocenters. The van der Waals surface area contributed by atoms with Crippen molar-refractivity contribution in [3.05, 3.63) is 29.3 Å². The van der Waals surface area contributed by atoms with Gasteiger partial charge in [0.2, 0.25) is 0 Å². The predicted molar refractivity (Wildman–Crippen MR) is 60.9 cm³/mol. The zero-order chi connectivity index (χ0) is 9.68. The van der Waals surface area contributed by atoms with Crippen molar-refractivity contribution in [2.75, 3.05) is 11.1 Å². The zero-order valence-corrected chi connectivity index (χ0v) is 9.19. The molecule has 1 rings (SSSR count). The highest BCUT2D eigenvalue weighted by Gasteiger charge is 1.96. The molecular formula is C11H12BrN. The number of hydrogen-bond acceptors (Lipinski definition) is 1. The molecule has 0 aromatic heterocycles. The average Bonchev–Trinajstić information content (AvgIpc) is 2.13. The molecule has 0 aliphatic carbocycles. The van der Waals surface area contributed by atoms with Crippen molar-refractivity contribution in [3.63, 3.8) is 0 Å². The summed E-state index contributed by atoms with van der Waals surface area (Å²) in [7, 11) is 0. The molecule has 13 heavy (non-hydrogen) atoms. The van der Waals surface area contributed by atoms with Crippen molar-refractivity contribution in [3.8, 4) is 11.8 Å². The van der Waals surface area contributed by atoms with Gasteiger partial charge in [0, 0.05) is 23.0 Å². The van der Waals surface area contributed by atoms with Crippen LogP contribution in [0.3, 0.4) is 0 Å². The van der Waals surface area contributed by atoms with Gasteiger partial charge >= 0.3 is 0 Å². The summed E-state index contributed by atoms with van der Waals surface area (Å²) in [4.78, 5) is 0. The molecule has 0 aliphatic heterocycles. The number of alkyl halides is 1. The number of benzene rings is 1. The maximum atomic E-state index is 5.75. The van der Waals surface area contributed by atoms with Crippen LogP contribution in [0, 0.1) is 18.8 Å². The first kappa shape index (κ1) is 10.1. The Kier molecular flexibility index (Phi) is 3.85. The fraction of sp³-hybridized carbons (Fsp3) is 0.273. The van der Waals surface area contributed by atoms with Gasteiger partial charge in [-0.15, -0.1) is 0 Å². The maximum Gasteiger partial charge on any atom is 0.0356 e. The Hall–Kier alpha value is -0.940. The van der Waals surface area contributed by atoms with Crippen molar-refractivity contribution in [2.24, 2.45) is 0 Å². The average molecular weight is 238 g/mol. The van der Waals surface area contributed by atoms with E-state index in [0.29, 0.717) is 0 Å². The third-order valence-electron chi connectivity index (χ3n) is 1.82. The van der Waals surface area contributed by atoms with E-state index in [9.17, 15) is 0 Å². The largest absolute Gasteiger partial charge is 0.398 e. The smallest absolute Gasteiger partial charge is 0.0356 e. The summed E-state index contributed by atoms with van der Waals surface area (Å²) in [5, 5.41) is 0.918. The zero-order valence-electron chi connectivity index (χ0n) is 7.60. The summed E-state index contributed by atoms with van der Waals surface area (Å²) in [6.07, 6.45) is 0.869. The number of anilines is 1. The van der Waals surface area contributed by atoms with Crippen LogP contribution in [-0.2, 0) is 0 Å². The predicted octanol–water partition coefficient (Wildman–Crippen LogP) is 2.71. The molecule has 0 fully saturated rings. The van der Waals surface area contributed by atoms with Crippen LogP contribution in [0.25, 0.3) is 0 Å². The highest BCUT2D eigenvalue weighted by atomic mass is 79.9. The van der Waals surface area contributed by atoms with Crippen LogP contribution >= 0.6 is 15.9 Å². The fourth-order valence-electron chi connectivity index (χ4n) is 0.994. The molecule has 0 spiro atoms. The first-order valence-corrected chi connectivity index (χ1v) is 5.27. The van der Waals surface area contributed by atoms with Gasteiger partial charge in [-0.25, -0.2) is 0 Å². The van der Waals surface area contributed by atoms with Gasteiger partial charge in [0.05, 0.1) is 0 Å². The summed E-state index contributed by atoms with van der Waals surface area (Å²) >= 11 is 3.33. The summed E-state index contributed by atoms with van der Waals surface area (Å²) in [6.45, 7) is 1.99. The van der Waals surface area contributed by atoms with Gasteiger partial charge in [-0.05, 0) is 24.6 Å². The first-order valence-electron chi connectivity index (χ1n) is 4.15. The minimum Gasteiger partial charge on any atom is -0.398 e. The molecule has 0 heterocycles. The standard InChI is InChI=1S/C11H12BrN/c1-9-10(5-2-3-8-12)6-4-7-11(9)13/h4,6-7H,3,8,13H2,1H3. The van der Waals surface area contributed by atoms with Crippen LogP contribution in [0.2, 0.25) is 0 Å². The molecular weight excluding hydrogens is 226 g/mol. The van der Waals surface area contributed by atoms with E-state index in [0.717, 1.165) is 28.6 Å². The second-order valence-corrected chi connectivity index (χ2v) is 3.55. The van der Waals surface area contributed by atoms with E-state index in [1.165, 1.54) is 0 Å². The Balaban J connectivity index is 2.91. The molecule has 2 heteroatoms. The minimum atomic E-state index is 0.811. The van der Waals surface area contributed by atoms with E-state index < -0.39 is 0 Å².